The van der Waals surface area contributed by atoms with E-state index in [1.807, 2.05) is 20.8 Å². The minimum atomic E-state index is -0.171. The van der Waals surface area contributed by atoms with E-state index < -0.39 is 0 Å². The second-order valence-corrected chi connectivity index (χ2v) is 4.82. The van der Waals surface area contributed by atoms with Gasteiger partial charge in [-0.3, -0.25) is 4.79 Å². The Labute approximate surface area is 118 Å². The van der Waals surface area contributed by atoms with E-state index in [9.17, 15) is 4.79 Å². The van der Waals surface area contributed by atoms with E-state index in [0.717, 1.165) is 16.8 Å². The van der Waals surface area contributed by atoms with Gasteiger partial charge in [-0.05, 0) is 38.0 Å². The summed E-state index contributed by atoms with van der Waals surface area (Å²) in [6.07, 6.45) is 1.51. The number of hydrogen-bond acceptors (Lipinski definition) is 3. The molecule has 4 heteroatoms. The summed E-state index contributed by atoms with van der Waals surface area (Å²) in [5, 5.41) is 2.94. The Kier molecular flexibility index (Phi) is 4.03. The monoisotopic (exact) mass is 270 g/mol. The van der Waals surface area contributed by atoms with E-state index in [-0.39, 0.29) is 5.91 Å². The molecule has 0 radical (unpaired) electrons. The fraction of sp³-hybridized carbons (Fsp3) is 0.250. The summed E-state index contributed by atoms with van der Waals surface area (Å²) in [6, 6.07) is 7.47. The lowest BCUT2D eigenvalue weighted by Crippen LogP contribution is -2.14. The van der Waals surface area contributed by atoms with Crippen LogP contribution in [0.2, 0.25) is 0 Å². The number of ether oxygens (including phenoxy) is 1. The SMILES string of the molecule is COc1ccc(C(=O)Nc2c(C)cc(C)cc2C)cn1. The highest BCUT2D eigenvalue weighted by Gasteiger charge is 2.10. The van der Waals surface area contributed by atoms with Gasteiger partial charge in [0.1, 0.15) is 0 Å². The number of nitrogens with zero attached hydrogens (tertiary/aromatic N) is 1. The minimum absolute atomic E-state index is 0.171. The smallest absolute Gasteiger partial charge is 0.257 e. The molecule has 1 amide bonds. The fourth-order valence-electron chi connectivity index (χ4n) is 2.20. The molecule has 1 aromatic heterocycles. The predicted molar refractivity (Wildman–Crippen MR) is 79.4 cm³/mol. The number of nitrogens with one attached hydrogen (secondary N) is 1. The molecule has 4 nitrogen and oxygen atoms in total. The largest absolute Gasteiger partial charge is 0.481 e. The first-order chi connectivity index (χ1) is 9.51. The fourth-order valence-corrected chi connectivity index (χ4v) is 2.20. The van der Waals surface area contributed by atoms with Crippen molar-refractivity contribution in [3.63, 3.8) is 0 Å². The maximum atomic E-state index is 12.2. The van der Waals surface area contributed by atoms with Crippen molar-refractivity contribution >= 4 is 11.6 Å². The highest BCUT2D eigenvalue weighted by atomic mass is 16.5. The summed E-state index contributed by atoms with van der Waals surface area (Å²) in [5.41, 5.74) is 4.65. The third kappa shape index (κ3) is 2.96. The summed E-state index contributed by atoms with van der Waals surface area (Å²) in [7, 11) is 1.54. The van der Waals surface area contributed by atoms with Gasteiger partial charge in [0.2, 0.25) is 5.88 Å². The lowest BCUT2D eigenvalue weighted by Gasteiger charge is -2.12. The maximum absolute atomic E-state index is 12.2. The Balaban J connectivity index is 2.23. The molecule has 2 aromatic rings. The summed E-state index contributed by atoms with van der Waals surface area (Å²) < 4.78 is 4.98. The highest BCUT2D eigenvalue weighted by molar-refractivity contribution is 6.04. The van der Waals surface area contributed by atoms with Crippen molar-refractivity contribution in [2.45, 2.75) is 20.8 Å². The molecule has 0 bridgehead atoms. The number of pyridine rings is 1. The molecule has 0 saturated heterocycles. The number of benzene rings is 1. The molecule has 0 aliphatic rings. The average molecular weight is 270 g/mol. The number of amides is 1. The summed E-state index contributed by atoms with van der Waals surface area (Å²) in [4.78, 5) is 16.2. The summed E-state index contributed by atoms with van der Waals surface area (Å²) in [5.74, 6) is 0.319. The van der Waals surface area contributed by atoms with E-state index in [0.29, 0.717) is 11.4 Å². The van der Waals surface area contributed by atoms with E-state index in [2.05, 4.69) is 22.4 Å². The predicted octanol–water partition coefficient (Wildman–Crippen LogP) is 3.27. The molecule has 104 valence electrons. The van der Waals surface area contributed by atoms with Crippen molar-refractivity contribution in [3.8, 4) is 5.88 Å². The summed E-state index contributed by atoms with van der Waals surface area (Å²) >= 11 is 0. The number of carbonyl (C=O) groups is 1. The molecule has 0 fully saturated rings. The molecule has 20 heavy (non-hydrogen) atoms. The number of aryl methyl sites for hydroxylation is 3. The normalized spacial score (nSPS) is 10.2. The molecule has 1 aromatic carbocycles. The van der Waals surface area contributed by atoms with Crippen LogP contribution in [0.15, 0.2) is 30.5 Å². The van der Waals surface area contributed by atoms with Gasteiger partial charge in [-0.15, -0.1) is 0 Å². The molecule has 0 aliphatic carbocycles. The third-order valence-corrected chi connectivity index (χ3v) is 3.12. The number of hydrogen-bond donors (Lipinski definition) is 1. The lowest BCUT2D eigenvalue weighted by atomic mass is 10.0. The first-order valence-electron chi connectivity index (χ1n) is 6.40. The van der Waals surface area contributed by atoms with Gasteiger partial charge in [-0.25, -0.2) is 4.98 Å². The number of rotatable bonds is 3. The van der Waals surface area contributed by atoms with E-state index in [1.165, 1.54) is 11.8 Å². The van der Waals surface area contributed by atoms with Gasteiger partial charge in [-0.2, -0.15) is 0 Å². The van der Waals surface area contributed by atoms with Crippen LogP contribution < -0.4 is 10.1 Å². The first-order valence-corrected chi connectivity index (χ1v) is 6.40. The number of carbonyl (C=O) groups excluding carboxylic acids is 1. The molecule has 0 unspecified atom stereocenters. The zero-order valence-electron chi connectivity index (χ0n) is 12.2. The molecular formula is C16H18N2O2. The van der Waals surface area contributed by atoms with Gasteiger partial charge in [0.25, 0.3) is 5.91 Å². The van der Waals surface area contributed by atoms with Crippen LogP contribution >= 0.6 is 0 Å². The zero-order valence-corrected chi connectivity index (χ0v) is 12.2. The summed E-state index contributed by atoms with van der Waals surface area (Å²) in [6.45, 7) is 6.02. The number of anilines is 1. The van der Waals surface area contributed by atoms with Crippen LogP contribution in [-0.2, 0) is 0 Å². The Morgan fingerprint density at radius 3 is 2.30 bits per heavy atom. The molecule has 0 spiro atoms. The average Bonchev–Trinajstić information content (AvgIpc) is 2.42. The molecular weight excluding hydrogens is 252 g/mol. The van der Waals surface area contributed by atoms with Crippen LogP contribution in [-0.4, -0.2) is 18.0 Å². The topological polar surface area (TPSA) is 51.2 Å². The van der Waals surface area contributed by atoms with E-state index in [4.69, 9.17) is 4.74 Å². The molecule has 1 N–H and O–H groups in total. The van der Waals surface area contributed by atoms with Crippen LogP contribution in [0, 0.1) is 20.8 Å². The molecule has 0 saturated carbocycles. The van der Waals surface area contributed by atoms with E-state index in [1.54, 1.807) is 19.2 Å². The van der Waals surface area contributed by atoms with Gasteiger partial charge in [0, 0.05) is 18.0 Å². The van der Waals surface area contributed by atoms with Gasteiger partial charge < -0.3 is 10.1 Å². The quantitative estimate of drug-likeness (QED) is 0.931. The van der Waals surface area contributed by atoms with Crippen LogP contribution in [0.5, 0.6) is 5.88 Å². The van der Waals surface area contributed by atoms with Crippen LogP contribution in [0.3, 0.4) is 0 Å². The van der Waals surface area contributed by atoms with Gasteiger partial charge in [0.05, 0.1) is 12.7 Å². The lowest BCUT2D eigenvalue weighted by molar-refractivity contribution is 0.102. The third-order valence-electron chi connectivity index (χ3n) is 3.12. The molecule has 0 aliphatic heterocycles. The van der Waals surface area contributed by atoms with Crippen LogP contribution in [0.25, 0.3) is 0 Å². The number of aromatic nitrogens is 1. The second-order valence-electron chi connectivity index (χ2n) is 4.82. The van der Waals surface area contributed by atoms with Crippen molar-refractivity contribution < 1.29 is 9.53 Å². The van der Waals surface area contributed by atoms with Crippen molar-refractivity contribution in [2.24, 2.45) is 0 Å². The number of methoxy groups -OCH3 is 1. The van der Waals surface area contributed by atoms with Crippen molar-refractivity contribution in [1.82, 2.24) is 4.98 Å². The highest BCUT2D eigenvalue weighted by Crippen LogP contribution is 2.22. The van der Waals surface area contributed by atoms with Gasteiger partial charge in [-0.1, -0.05) is 17.7 Å². The van der Waals surface area contributed by atoms with Crippen LogP contribution in [0.4, 0.5) is 5.69 Å². The Bertz CT molecular complexity index is 610. The van der Waals surface area contributed by atoms with E-state index >= 15 is 0 Å². The van der Waals surface area contributed by atoms with Gasteiger partial charge >= 0.3 is 0 Å². The molecule has 1 heterocycles. The van der Waals surface area contributed by atoms with Crippen molar-refractivity contribution in [3.05, 3.63) is 52.7 Å². The second kappa shape index (κ2) is 5.74. The zero-order chi connectivity index (χ0) is 14.7. The molecule has 2 rings (SSSR count). The van der Waals surface area contributed by atoms with Crippen LogP contribution in [0.1, 0.15) is 27.0 Å². The Morgan fingerprint density at radius 1 is 1.15 bits per heavy atom. The molecule has 0 atom stereocenters. The standard InChI is InChI=1S/C16H18N2O2/c1-10-7-11(2)15(12(3)8-10)18-16(19)13-5-6-14(20-4)17-9-13/h5-9H,1-4H3,(H,18,19). The first kappa shape index (κ1) is 14.1. The Hall–Kier alpha value is -2.36. The van der Waals surface area contributed by atoms with Crippen molar-refractivity contribution in [2.75, 3.05) is 12.4 Å². The van der Waals surface area contributed by atoms with Crippen molar-refractivity contribution in [1.29, 1.82) is 0 Å². The Morgan fingerprint density at radius 2 is 1.80 bits per heavy atom. The maximum Gasteiger partial charge on any atom is 0.257 e. The minimum Gasteiger partial charge on any atom is -0.481 e. The van der Waals surface area contributed by atoms with Gasteiger partial charge in [0.15, 0.2) is 0 Å².